The van der Waals surface area contributed by atoms with Crippen molar-refractivity contribution in [1.82, 2.24) is 4.90 Å². The number of hydrogen-bond acceptors (Lipinski definition) is 7. The highest BCUT2D eigenvalue weighted by molar-refractivity contribution is 7.90. The van der Waals surface area contributed by atoms with Gasteiger partial charge in [-0.25, -0.2) is 27.5 Å². The Morgan fingerprint density at radius 3 is 2.47 bits per heavy atom. The number of amides is 1. The second kappa shape index (κ2) is 8.34. The molecule has 1 amide bonds. The minimum absolute atomic E-state index is 0.0158. The average molecular weight is 463 g/mol. The van der Waals surface area contributed by atoms with Crippen molar-refractivity contribution in [3.63, 3.8) is 0 Å². The van der Waals surface area contributed by atoms with E-state index in [-0.39, 0.29) is 27.8 Å². The second-order valence-electron chi connectivity index (χ2n) is 7.45. The van der Waals surface area contributed by atoms with Crippen LogP contribution in [0.3, 0.4) is 0 Å². The molecule has 0 fully saturated rings. The number of hydrogen-bond donors (Lipinski definition) is 2. The zero-order chi connectivity index (χ0) is 23.8. The summed E-state index contributed by atoms with van der Waals surface area (Å²) in [6, 6.07) is 9.99. The van der Waals surface area contributed by atoms with E-state index in [9.17, 15) is 22.4 Å². The summed E-state index contributed by atoms with van der Waals surface area (Å²) in [6.45, 7) is 0.469. The number of nitrogens with zero attached hydrogens (tertiary/aromatic N) is 1. The van der Waals surface area contributed by atoms with E-state index >= 15 is 0 Å². The van der Waals surface area contributed by atoms with E-state index in [1.54, 1.807) is 19.1 Å². The fourth-order valence-electron chi connectivity index (χ4n) is 3.34. The van der Waals surface area contributed by atoms with Crippen LogP contribution >= 0.6 is 0 Å². The Morgan fingerprint density at radius 2 is 1.91 bits per heavy atom. The first-order chi connectivity index (χ1) is 14.9. The van der Waals surface area contributed by atoms with Crippen LogP contribution in [0, 0.1) is 6.92 Å². The van der Waals surface area contributed by atoms with E-state index < -0.39 is 38.9 Å². The van der Waals surface area contributed by atoms with Crippen molar-refractivity contribution in [1.29, 1.82) is 0 Å². The fraction of sp³-hybridized carbons (Fsp3) is 0.238. The number of rotatable bonds is 5. The summed E-state index contributed by atoms with van der Waals surface area (Å²) in [5.41, 5.74) is 4.69. The number of carbonyl (C=O) groups is 1. The number of alkyl halides is 1. The molecule has 3 rings (SSSR count). The van der Waals surface area contributed by atoms with Crippen molar-refractivity contribution >= 4 is 27.1 Å². The molecule has 9 nitrogen and oxygen atoms in total. The average Bonchev–Trinajstić information content (AvgIpc) is 2.71. The van der Waals surface area contributed by atoms with Crippen LogP contribution in [0.15, 0.2) is 51.7 Å². The van der Waals surface area contributed by atoms with Gasteiger partial charge in [-0.15, -0.1) is 0 Å². The molecule has 0 spiro atoms. The Labute approximate surface area is 183 Å². The molecule has 0 bridgehead atoms. The van der Waals surface area contributed by atoms with Crippen LogP contribution in [0.2, 0.25) is 0 Å². The maximum absolute atomic E-state index is 14.3. The van der Waals surface area contributed by atoms with Crippen LogP contribution in [0.5, 0.6) is 5.75 Å². The maximum Gasteiger partial charge on any atom is 0.414 e. The molecule has 1 aromatic heterocycles. The Hall–Kier alpha value is -3.28. The monoisotopic (exact) mass is 463 g/mol. The number of aryl methyl sites for hydroxylation is 1. The van der Waals surface area contributed by atoms with Crippen molar-refractivity contribution < 1.29 is 26.8 Å². The molecule has 1 atom stereocenters. The lowest BCUT2D eigenvalue weighted by atomic mass is 9.93. The van der Waals surface area contributed by atoms with Gasteiger partial charge < -0.3 is 19.8 Å². The molecule has 1 unspecified atom stereocenters. The van der Waals surface area contributed by atoms with Gasteiger partial charge in [0, 0.05) is 31.1 Å². The van der Waals surface area contributed by atoms with Crippen molar-refractivity contribution in [2.24, 2.45) is 10.9 Å². The van der Waals surface area contributed by atoms with Gasteiger partial charge in [-0.1, -0.05) is 29.8 Å². The van der Waals surface area contributed by atoms with Crippen LogP contribution in [0.25, 0.3) is 11.0 Å². The van der Waals surface area contributed by atoms with Crippen LogP contribution in [0.1, 0.15) is 22.3 Å². The van der Waals surface area contributed by atoms with E-state index in [1.165, 1.54) is 49.3 Å². The third kappa shape index (κ3) is 3.97. The summed E-state index contributed by atoms with van der Waals surface area (Å²) in [5, 5.41) is 5.54. The summed E-state index contributed by atoms with van der Waals surface area (Å²) in [7, 11) is -1.70. The highest BCUT2D eigenvalue weighted by Crippen LogP contribution is 2.36. The van der Waals surface area contributed by atoms with Gasteiger partial charge in [0.2, 0.25) is 10.0 Å². The molecule has 0 aliphatic carbocycles. The molecular formula is C21H22FN3O6S. The number of sulfonamides is 1. The standard InChI is InChI=1S/C21H22FN3O6S/c1-12-5-4-6-13(9-12)21(23,32(24,28)29)18-16(11-22)15-8-7-14(30-20(27)25(2)3)10-17(15)31-19(18)26/h4-10H,11,23H2,1-3H3,(H2,24,28,29). The van der Waals surface area contributed by atoms with Gasteiger partial charge in [-0.05, 0) is 24.6 Å². The third-order valence-electron chi connectivity index (χ3n) is 4.96. The van der Waals surface area contributed by atoms with Gasteiger partial charge in [0.15, 0.2) is 4.87 Å². The van der Waals surface area contributed by atoms with E-state index in [2.05, 4.69) is 0 Å². The van der Waals surface area contributed by atoms with E-state index in [0.29, 0.717) is 5.56 Å². The summed E-state index contributed by atoms with van der Waals surface area (Å²) in [4.78, 5) is 23.4. The Kier molecular flexibility index (Phi) is 6.09. The maximum atomic E-state index is 14.3. The van der Waals surface area contributed by atoms with Crippen molar-refractivity contribution in [2.75, 3.05) is 14.1 Å². The molecule has 11 heteroatoms. The van der Waals surface area contributed by atoms with Gasteiger partial charge in [0.1, 0.15) is 18.0 Å². The van der Waals surface area contributed by atoms with Gasteiger partial charge >= 0.3 is 11.7 Å². The second-order valence-corrected chi connectivity index (χ2v) is 9.18. The Morgan fingerprint density at radius 1 is 1.22 bits per heavy atom. The summed E-state index contributed by atoms with van der Waals surface area (Å²) in [6.07, 6.45) is -0.677. The van der Waals surface area contributed by atoms with Gasteiger partial charge in [0.05, 0.1) is 5.56 Å². The smallest absolute Gasteiger partial charge is 0.414 e. The van der Waals surface area contributed by atoms with E-state index in [0.717, 1.165) is 0 Å². The zero-order valence-corrected chi connectivity index (χ0v) is 18.4. The zero-order valence-electron chi connectivity index (χ0n) is 17.6. The van der Waals surface area contributed by atoms with Gasteiger partial charge in [-0.3, -0.25) is 0 Å². The minimum Gasteiger partial charge on any atom is -0.422 e. The van der Waals surface area contributed by atoms with Crippen LogP contribution in [-0.2, 0) is 21.6 Å². The predicted octanol–water partition coefficient (Wildman–Crippen LogP) is 2.08. The molecule has 3 aromatic rings. The van der Waals surface area contributed by atoms with Gasteiger partial charge in [0.25, 0.3) is 0 Å². The first kappa shape index (κ1) is 23.4. The molecule has 32 heavy (non-hydrogen) atoms. The number of fused-ring (bicyclic) bond motifs is 1. The molecule has 170 valence electrons. The first-order valence-electron chi connectivity index (χ1n) is 9.33. The fourth-order valence-corrected chi connectivity index (χ4v) is 4.29. The van der Waals surface area contributed by atoms with Crippen LogP contribution < -0.4 is 21.2 Å². The van der Waals surface area contributed by atoms with Gasteiger partial charge in [-0.2, -0.15) is 0 Å². The first-order valence-corrected chi connectivity index (χ1v) is 10.9. The number of benzene rings is 2. The molecule has 0 aliphatic heterocycles. The lowest BCUT2D eigenvalue weighted by Crippen LogP contribution is -2.52. The molecule has 0 saturated carbocycles. The quantitative estimate of drug-likeness (QED) is 0.551. The Bertz CT molecular complexity index is 1370. The molecule has 0 aliphatic rings. The third-order valence-corrected chi connectivity index (χ3v) is 6.30. The van der Waals surface area contributed by atoms with E-state index in [1.807, 2.05) is 0 Å². The van der Waals surface area contributed by atoms with Crippen LogP contribution in [0.4, 0.5) is 9.18 Å². The molecule has 2 aromatic carbocycles. The van der Waals surface area contributed by atoms with E-state index in [4.69, 9.17) is 20.0 Å². The number of nitrogens with two attached hydrogens (primary N) is 2. The topological polar surface area (TPSA) is 146 Å². The number of primary sulfonamides is 1. The minimum atomic E-state index is -4.67. The normalized spacial score (nSPS) is 13.6. The SMILES string of the molecule is Cc1cccc(C(N)(c2c(CF)c3ccc(OC(=O)N(C)C)cc3oc2=O)S(N)(=O)=O)c1. The highest BCUT2D eigenvalue weighted by atomic mass is 32.2. The summed E-state index contributed by atoms with van der Waals surface area (Å²) >= 11 is 0. The number of ether oxygens (including phenoxy) is 1. The summed E-state index contributed by atoms with van der Waals surface area (Å²) < 4.78 is 50.0. The number of carbonyl (C=O) groups excluding carboxylic acids is 1. The predicted molar refractivity (Wildman–Crippen MR) is 116 cm³/mol. The molecule has 0 radical (unpaired) electrons. The highest BCUT2D eigenvalue weighted by Gasteiger charge is 2.46. The summed E-state index contributed by atoms with van der Waals surface area (Å²) in [5.74, 6) is 0.0426. The lowest BCUT2D eigenvalue weighted by molar-refractivity contribution is 0.172. The van der Waals surface area contributed by atoms with Crippen molar-refractivity contribution in [3.05, 3.63) is 75.1 Å². The largest absolute Gasteiger partial charge is 0.422 e. The van der Waals surface area contributed by atoms with Crippen LogP contribution in [-0.4, -0.2) is 33.5 Å². The molecule has 1 heterocycles. The molecule has 0 saturated heterocycles. The molecule has 4 N–H and O–H groups in total. The number of halogens is 1. The molecular weight excluding hydrogens is 441 g/mol. The van der Waals surface area contributed by atoms with Crippen molar-refractivity contribution in [3.8, 4) is 5.75 Å². The lowest BCUT2D eigenvalue weighted by Gasteiger charge is -2.29. The van der Waals surface area contributed by atoms with Crippen molar-refractivity contribution in [2.45, 2.75) is 18.5 Å². The Balaban J connectivity index is 2.33.